The molecule has 0 aliphatic carbocycles. The summed E-state index contributed by atoms with van der Waals surface area (Å²) in [6.07, 6.45) is 1.12. The number of carbonyl (C=O) groups excluding carboxylic acids is 3. The summed E-state index contributed by atoms with van der Waals surface area (Å²) in [4.78, 5) is 37.2. The molecule has 0 aliphatic heterocycles. The molecule has 0 saturated carbocycles. The van der Waals surface area contributed by atoms with Crippen LogP contribution in [-0.2, 0) is 11.2 Å². The molecule has 0 spiro atoms. The van der Waals surface area contributed by atoms with Crippen molar-refractivity contribution < 1.29 is 14.4 Å². The minimum atomic E-state index is -0.676. The highest BCUT2D eigenvalue weighted by molar-refractivity contribution is 6.13. The molecule has 0 bridgehead atoms. The van der Waals surface area contributed by atoms with Gasteiger partial charge >= 0.3 is 0 Å². The van der Waals surface area contributed by atoms with Crippen molar-refractivity contribution in [3.05, 3.63) is 108 Å². The van der Waals surface area contributed by atoms with Crippen LogP contribution in [0.3, 0.4) is 0 Å². The van der Waals surface area contributed by atoms with Crippen LogP contribution in [0.4, 0.5) is 0 Å². The van der Waals surface area contributed by atoms with Gasteiger partial charge in [0.1, 0.15) is 6.29 Å². The third-order valence-electron chi connectivity index (χ3n) is 5.42. The summed E-state index contributed by atoms with van der Waals surface area (Å²) in [6, 6.07) is 27.0. The smallest absolute Gasteiger partial charge is 0.252 e. The number of primary amides is 1. The zero-order valence-electron chi connectivity index (χ0n) is 17.3. The number of nitrogens with two attached hydrogens (primary N) is 1. The molecule has 5 heteroatoms. The number of nitrogens with one attached hydrogen (secondary N) is 1. The molecule has 158 valence electrons. The minimum Gasteiger partial charge on any atom is -0.366 e. The van der Waals surface area contributed by atoms with Crippen LogP contribution < -0.4 is 11.1 Å². The van der Waals surface area contributed by atoms with Gasteiger partial charge in [0, 0.05) is 5.56 Å². The van der Waals surface area contributed by atoms with Crippen LogP contribution >= 0.6 is 0 Å². The number of aldehydes is 1. The average molecular weight is 422 g/mol. The highest BCUT2D eigenvalue weighted by Crippen LogP contribution is 2.32. The van der Waals surface area contributed by atoms with E-state index in [1.165, 1.54) is 0 Å². The summed E-state index contributed by atoms with van der Waals surface area (Å²) in [6.45, 7) is 0. The van der Waals surface area contributed by atoms with Crippen molar-refractivity contribution in [2.45, 2.75) is 12.5 Å². The lowest BCUT2D eigenvalue weighted by molar-refractivity contribution is -0.109. The van der Waals surface area contributed by atoms with Crippen molar-refractivity contribution in [1.29, 1.82) is 0 Å². The lowest BCUT2D eigenvalue weighted by atomic mass is 9.91. The molecule has 0 radical (unpaired) electrons. The third kappa shape index (κ3) is 4.27. The van der Waals surface area contributed by atoms with E-state index in [9.17, 15) is 14.4 Å². The summed E-state index contributed by atoms with van der Waals surface area (Å²) < 4.78 is 0. The van der Waals surface area contributed by atoms with Crippen molar-refractivity contribution in [3.63, 3.8) is 0 Å². The summed E-state index contributed by atoms with van der Waals surface area (Å²) in [7, 11) is 0. The maximum Gasteiger partial charge on any atom is 0.252 e. The van der Waals surface area contributed by atoms with Gasteiger partial charge in [0.05, 0.1) is 11.6 Å². The quantitative estimate of drug-likeness (QED) is 0.439. The molecule has 0 heterocycles. The first-order valence-corrected chi connectivity index (χ1v) is 10.3. The Morgan fingerprint density at radius 3 is 2.25 bits per heavy atom. The Bertz CT molecular complexity index is 1300. The SMILES string of the molecule is NC(=O)c1c(-c2ccccc2C(=O)NC(C=O)Cc2ccccc2)ccc2ccccc12. The first-order valence-electron chi connectivity index (χ1n) is 10.3. The van der Waals surface area contributed by atoms with Crippen LogP contribution in [-0.4, -0.2) is 24.1 Å². The molecular formula is C27H22N2O3. The molecule has 4 aromatic carbocycles. The summed E-state index contributed by atoms with van der Waals surface area (Å²) in [5, 5.41) is 4.41. The molecule has 0 aromatic heterocycles. The molecule has 32 heavy (non-hydrogen) atoms. The molecule has 0 fully saturated rings. The number of carbonyl (C=O) groups is 3. The predicted molar refractivity (Wildman–Crippen MR) is 125 cm³/mol. The standard InChI is InChI=1S/C27H22N2O3/c28-26(31)25-21-11-5-4-10-19(21)14-15-23(25)22-12-6-7-13-24(22)27(32)29-20(17-30)16-18-8-2-1-3-9-18/h1-15,17,20H,16H2,(H2,28,31)(H,29,32). The maximum atomic E-state index is 13.2. The van der Waals surface area contributed by atoms with Crippen LogP contribution in [0, 0.1) is 0 Å². The van der Waals surface area contributed by atoms with Gasteiger partial charge in [-0.2, -0.15) is 0 Å². The van der Waals surface area contributed by atoms with Gasteiger partial charge in [0.2, 0.25) is 5.91 Å². The second-order valence-electron chi connectivity index (χ2n) is 7.52. The van der Waals surface area contributed by atoms with E-state index in [0.717, 1.165) is 22.6 Å². The molecule has 5 nitrogen and oxygen atoms in total. The molecule has 4 rings (SSSR count). The first kappa shape index (κ1) is 21.0. The van der Waals surface area contributed by atoms with Gasteiger partial charge in [-0.1, -0.05) is 84.9 Å². The van der Waals surface area contributed by atoms with E-state index < -0.39 is 17.9 Å². The van der Waals surface area contributed by atoms with Gasteiger partial charge < -0.3 is 15.8 Å². The van der Waals surface area contributed by atoms with Gasteiger partial charge in [0.25, 0.3) is 5.91 Å². The van der Waals surface area contributed by atoms with E-state index in [1.54, 1.807) is 30.3 Å². The van der Waals surface area contributed by atoms with E-state index in [0.29, 0.717) is 28.7 Å². The second kappa shape index (κ2) is 9.27. The number of fused-ring (bicyclic) bond motifs is 1. The van der Waals surface area contributed by atoms with Crippen LogP contribution in [0.5, 0.6) is 0 Å². The molecule has 1 atom stereocenters. The highest BCUT2D eigenvalue weighted by Gasteiger charge is 2.21. The number of benzene rings is 4. The number of hydrogen-bond acceptors (Lipinski definition) is 3. The average Bonchev–Trinajstić information content (AvgIpc) is 2.83. The van der Waals surface area contributed by atoms with E-state index in [-0.39, 0.29) is 0 Å². The predicted octanol–water partition coefficient (Wildman–Crippen LogP) is 4.15. The molecular weight excluding hydrogens is 400 g/mol. The van der Waals surface area contributed by atoms with Gasteiger partial charge in [-0.15, -0.1) is 0 Å². The summed E-state index contributed by atoms with van der Waals surface area (Å²) >= 11 is 0. The Morgan fingerprint density at radius 2 is 1.50 bits per heavy atom. The third-order valence-corrected chi connectivity index (χ3v) is 5.42. The lowest BCUT2D eigenvalue weighted by Crippen LogP contribution is -2.37. The largest absolute Gasteiger partial charge is 0.366 e. The van der Waals surface area contributed by atoms with Crippen molar-refractivity contribution in [2.75, 3.05) is 0 Å². The Labute approximate surface area is 185 Å². The number of hydrogen-bond donors (Lipinski definition) is 2. The topological polar surface area (TPSA) is 89.3 Å². The second-order valence-corrected chi connectivity index (χ2v) is 7.52. The van der Waals surface area contributed by atoms with Crippen LogP contribution in [0.2, 0.25) is 0 Å². The van der Waals surface area contributed by atoms with E-state index in [2.05, 4.69) is 5.32 Å². The fourth-order valence-electron chi connectivity index (χ4n) is 3.92. The number of amides is 2. The Morgan fingerprint density at radius 1 is 0.812 bits per heavy atom. The Balaban J connectivity index is 1.72. The van der Waals surface area contributed by atoms with E-state index >= 15 is 0 Å². The van der Waals surface area contributed by atoms with Crippen LogP contribution in [0.1, 0.15) is 26.3 Å². The van der Waals surface area contributed by atoms with Crippen molar-refractivity contribution in [3.8, 4) is 11.1 Å². The Hall–Kier alpha value is -4.25. The van der Waals surface area contributed by atoms with Crippen LogP contribution in [0.15, 0.2) is 91.0 Å². The molecule has 0 aliphatic rings. The van der Waals surface area contributed by atoms with Crippen molar-refractivity contribution in [2.24, 2.45) is 5.73 Å². The van der Waals surface area contributed by atoms with Gasteiger partial charge in [0.15, 0.2) is 0 Å². The first-order chi connectivity index (χ1) is 15.6. The highest BCUT2D eigenvalue weighted by atomic mass is 16.2. The number of rotatable bonds is 7. The monoisotopic (exact) mass is 422 g/mol. The molecule has 2 amide bonds. The Kier molecular flexibility index (Phi) is 6.08. The lowest BCUT2D eigenvalue weighted by Gasteiger charge is -2.17. The maximum absolute atomic E-state index is 13.2. The van der Waals surface area contributed by atoms with Crippen molar-refractivity contribution in [1.82, 2.24) is 5.32 Å². The van der Waals surface area contributed by atoms with E-state index in [1.807, 2.05) is 60.7 Å². The molecule has 0 saturated heterocycles. The molecule has 3 N–H and O–H groups in total. The van der Waals surface area contributed by atoms with E-state index in [4.69, 9.17) is 5.73 Å². The molecule has 1 unspecified atom stereocenters. The fraction of sp³-hybridized carbons (Fsp3) is 0.0741. The summed E-state index contributed by atoms with van der Waals surface area (Å²) in [5.74, 6) is -0.959. The fourth-order valence-corrected chi connectivity index (χ4v) is 3.92. The zero-order valence-corrected chi connectivity index (χ0v) is 17.3. The van der Waals surface area contributed by atoms with Gasteiger partial charge in [-0.25, -0.2) is 0 Å². The van der Waals surface area contributed by atoms with Gasteiger partial charge in [-0.3, -0.25) is 9.59 Å². The summed E-state index contributed by atoms with van der Waals surface area (Å²) in [5.41, 5.74) is 8.58. The zero-order chi connectivity index (χ0) is 22.5. The van der Waals surface area contributed by atoms with Gasteiger partial charge in [-0.05, 0) is 39.9 Å². The molecule has 4 aromatic rings. The normalized spacial score (nSPS) is 11.6. The van der Waals surface area contributed by atoms with Crippen LogP contribution in [0.25, 0.3) is 21.9 Å². The minimum absolute atomic E-state index is 0.361. The van der Waals surface area contributed by atoms with Crippen molar-refractivity contribution >= 4 is 28.9 Å².